The van der Waals surface area contributed by atoms with Crippen LogP contribution in [0.2, 0.25) is 0 Å². The van der Waals surface area contributed by atoms with Crippen molar-refractivity contribution in [3.63, 3.8) is 0 Å². The number of hydrogen-bond donors (Lipinski definition) is 0. The number of rotatable bonds is 3. The third-order valence-corrected chi connectivity index (χ3v) is 1.58. The molecule has 1 heterocycles. The maximum absolute atomic E-state index is 5.14. The molecule has 2 nitrogen and oxygen atoms in total. The van der Waals surface area contributed by atoms with Crippen LogP contribution in [0, 0.1) is 12.0 Å². The fourth-order valence-corrected chi connectivity index (χ4v) is 0.778. The largest absolute Gasteiger partial charge is 0.444 e. The Morgan fingerprint density at radius 2 is 2.45 bits per heavy atom. The SMILES string of the molecule is CCCC#COCC1CCO1. The predicted molar refractivity (Wildman–Crippen MR) is 43.0 cm³/mol. The van der Waals surface area contributed by atoms with E-state index in [2.05, 4.69) is 19.0 Å². The molecule has 0 bridgehead atoms. The molecule has 1 aliphatic rings. The first-order valence-corrected chi connectivity index (χ1v) is 4.14. The van der Waals surface area contributed by atoms with Crippen LogP contribution in [0.15, 0.2) is 0 Å². The quantitative estimate of drug-likeness (QED) is 0.574. The van der Waals surface area contributed by atoms with E-state index in [1.165, 1.54) is 0 Å². The smallest absolute Gasteiger partial charge is 0.126 e. The molecule has 1 fully saturated rings. The van der Waals surface area contributed by atoms with Gasteiger partial charge in [-0.2, -0.15) is 0 Å². The van der Waals surface area contributed by atoms with E-state index in [-0.39, 0.29) is 0 Å². The first kappa shape index (κ1) is 8.42. The van der Waals surface area contributed by atoms with E-state index in [9.17, 15) is 0 Å². The predicted octanol–water partition coefficient (Wildman–Crippen LogP) is 1.55. The summed E-state index contributed by atoms with van der Waals surface area (Å²) < 4.78 is 10.2. The van der Waals surface area contributed by atoms with Crippen LogP contribution < -0.4 is 0 Å². The van der Waals surface area contributed by atoms with Crippen LogP contribution >= 0.6 is 0 Å². The van der Waals surface area contributed by atoms with Crippen molar-refractivity contribution in [1.82, 2.24) is 0 Å². The molecule has 11 heavy (non-hydrogen) atoms. The Bertz CT molecular complexity index is 151. The van der Waals surface area contributed by atoms with Crippen LogP contribution in [-0.2, 0) is 9.47 Å². The van der Waals surface area contributed by atoms with Gasteiger partial charge in [-0.05, 0) is 6.42 Å². The summed E-state index contributed by atoms with van der Waals surface area (Å²) in [5.41, 5.74) is 0. The van der Waals surface area contributed by atoms with Gasteiger partial charge in [0.2, 0.25) is 0 Å². The van der Waals surface area contributed by atoms with Crippen LogP contribution in [0.1, 0.15) is 26.2 Å². The molecular weight excluding hydrogens is 140 g/mol. The molecule has 0 aromatic carbocycles. The molecule has 1 unspecified atom stereocenters. The van der Waals surface area contributed by atoms with Crippen molar-refractivity contribution < 1.29 is 9.47 Å². The Morgan fingerprint density at radius 3 is 3.00 bits per heavy atom. The molecule has 0 radical (unpaired) electrons. The van der Waals surface area contributed by atoms with E-state index in [0.29, 0.717) is 12.7 Å². The molecule has 0 aliphatic carbocycles. The minimum Gasteiger partial charge on any atom is -0.444 e. The maximum atomic E-state index is 5.14. The lowest BCUT2D eigenvalue weighted by atomic mass is 10.2. The Hall–Kier alpha value is -0.680. The highest BCUT2D eigenvalue weighted by Gasteiger charge is 2.17. The van der Waals surface area contributed by atoms with Gasteiger partial charge in [0.05, 0.1) is 6.10 Å². The molecule has 0 aromatic heterocycles. The summed E-state index contributed by atoms with van der Waals surface area (Å²) in [6.45, 7) is 3.62. The monoisotopic (exact) mass is 154 g/mol. The molecule has 0 amide bonds. The lowest BCUT2D eigenvalue weighted by Gasteiger charge is -2.24. The van der Waals surface area contributed by atoms with Crippen molar-refractivity contribution >= 4 is 0 Å². The Morgan fingerprint density at radius 1 is 1.64 bits per heavy atom. The van der Waals surface area contributed by atoms with Crippen molar-refractivity contribution in [3.8, 4) is 12.0 Å². The zero-order chi connectivity index (χ0) is 7.94. The second-order valence-electron chi connectivity index (χ2n) is 2.62. The standard InChI is InChI=1S/C9H14O2/c1-2-3-4-6-10-8-9-5-7-11-9/h9H,2-3,5,7-8H2,1H3. The summed E-state index contributed by atoms with van der Waals surface area (Å²) in [7, 11) is 0. The fourth-order valence-electron chi connectivity index (χ4n) is 0.778. The van der Waals surface area contributed by atoms with E-state index < -0.39 is 0 Å². The highest BCUT2D eigenvalue weighted by Crippen LogP contribution is 2.10. The molecule has 0 spiro atoms. The lowest BCUT2D eigenvalue weighted by Crippen LogP contribution is -2.30. The summed E-state index contributed by atoms with van der Waals surface area (Å²) in [4.78, 5) is 0. The van der Waals surface area contributed by atoms with E-state index in [1.807, 2.05) is 0 Å². The summed E-state index contributed by atoms with van der Waals surface area (Å²) in [6.07, 6.45) is 6.10. The Kier molecular flexibility index (Phi) is 3.85. The van der Waals surface area contributed by atoms with E-state index >= 15 is 0 Å². The van der Waals surface area contributed by atoms with Gasteiger partial charge in [-0.3, -0.25) is 0 Å². The summed E-state index contributed by atoms with van der Waals surface area (Å²) in [5.74, 6) is 2.91. The normalized spacial score (nSPS) is 21.4. The molecule has 1 saturated heterocycles. The molecule has 0 N–H and O–H groups in total. The van der Waals surface area contributed by atoms with Crippen LogP contribution in [-0.4, -0.2) is 19.3 Å². The minimum atomic E-state index is 0.311. The van der Waals surface area contributed by atoms with Gasteiger partial charge in [-0.15, -0.1) is 0 Å². The summed E-state index contributed by atoms with van der Waals surface area (Å²) >= 11 is 0. The van der Waals surface area contributed by atoms with E-state index in [4.69, 9.17) is 9.47 Å². The highest BCUT2D eigenvalue weighted by atomic mass is 16.5. The van der Waals surface area contributed by atoms with Crippen LogP contribution in [0.5, 0.6) is 0 Å². The van der Waals surface area contributed by atoms with Gasteiger partial charge in [0.1, 0.15) is 12.7 Å². The molecule has 2 heteroatoms. The van der Waals surface area contributed by atoms with Gasteiger partial charge in [0.25, 0.3) is 0 Å². The first-order chi connectivity index (χ1) is 5.43. The molecule has 1 rings (SSSR count). The van der Waals surface area contributed by atoms with Gasteiger partial charge < -0.3 is 9.47 Å². The number of ether oxygens (including phenoxy) is 2. The van der Waals surface area contributed by atoms with Gasteiger partial charge >= 0.3 is 0 Å². The van der Waals surface area contributed by atoms with E-state index in [0.717, 1.165) is 25.9 Å². The minimum absolute atomic E-state index is 0.311. The second-order valence-corrected chi connectivity index (χ2v) is 2.62. The topological polar surface area (TPSA) is 18.5 Å². The average molecular weight is 154 g/mol. The second kappa shape index (κ2) is 5.03. The van der Waals surface area contributed by atoms with Crippen molar-refractivity contribution in [1.29, 1.82) is 0 Å². The van der Waals surface area contributed by atoms with Crippen LogP contribution in [0.3, 0.4) is 0 Å². The van der Waals surface area contributed by atoms with Gasteiger partial charge in [0, 0.05) is 19.4 Å². The fraction of sp³-hybridized carbons (Fsp3) is 0.778. The zero-order valence-electron chi connectivity index (χ0n) is 6.93. The van der Waals surface area contributed by atoms with Crippen molar-refractivity contribution in [2.24, 2.45) is 0 Å². The van der Waals surface area contributed by atoms with Gasteiger partial charge in [-0.25, -0.2) is 0 Å². The molecule has 0 saturated carbocycles. The molecule has 62 valence electrons. The summed E-state index contributed by atoms with van der Waals surface area (Å²) in [5, 5.41) is 0. The first-order valence-electron chi connectivity index (χ1n) is 4.14. The summed E-state index contributed by atoms with van der Waals surface area (Å²) in [6, 6.07) is 0. The van der Waals surface area contributed by atoms with E-state index in [1.54, 1.807) is 0 Å². The third-order valence-electron chi connectivity index (χ3n) is 1.58. The van der Waals surface area contributed by atoms with Crippen molar-refractivity contribution in [2.75, 3.05) is 13.2 Å². The average Bonchev–Trinajstić information content (AvgIpc) is 1.93. The van der Waals surface area contributed by atoms with Gasteiger partial charge in [0.15, 0.2) is 0 Å². The molecule has 0 aromatic rings. The number of unbranched alkanes of at least 4 members (excludes halogenated alkanes) is 1. The Balaban J connectivity index is 1.91. The van der Waals surface area contributed by atoms with Crippen LogP contribution in [0.4, 0.5) is 0 Å². The molecule has 1 atom stereocenters. The van der Waals surface area contributed by atoms with Gasteiger partial charge in [-0.1, -0.05) is 12.8 Å². The highest BCUT2D eigenvalue weighted by molar-refractivity contribution is 4.91. The van der Waals surface area contributed by atoms with Crippen LogP contribution in [0.25, 0.3) is 0 Å². The molecule has 1 aliphatic heterocycles. The molecular formula is C9H14O2. The number of hydrogen-bond acceptors (Lipinski definition) is 2. The van der Waals surface area contributed by atoms with Crippen molar-refractivity contribution in [3.05, 3.63) is 0 Å². The van der Waals surface area contributed by atoms with Crippen molar-refractivity contribution in [2.45, 2.75) is 32.3 Å². The zero-order valence-corrected chi connectivity index (χ0v) is 6.93. The maximum Gasteiger partial charge on any atom is 0.126 e. The lowest BCUT2D eigenvalue weighted by molar-refractivity contribution is -0.0770. The Labute approximate surface area is 67.9 Å². The third kappa shape index (κ3) is 3.29.